The van der Waals surface area contributed by atoms with Crippen molar-refractivity contribution in [3.05, 3.63) is 40.8 Å². The van der Waals surface area contributed by atoms with Gasteiger partial charge < -0.3 is 10.0 Å². The summed E-state index contributed by atoms with van der Waals surface area (Å²) in [7, 11) is 1.84. The molecule has 6 heteroatoms. The molecule has 1 aromatic carbocycles. The van der Waals surface area contributed by atoms with E-state index < -0.39 is 6.23 Å². The number of hydrazone groups is 1. The Labute approximate surface area is 248 Å². The highest BCUT2D eigenvalue weighted by atomic mass is 32.1. The van der Waals surface area contributed by atoms with Gasteiger partial charge in [0.25, 0.3) is 0 Å². The second-order valence-electron chi connectivity index (χ2n) is 12.6. The average Bonchev–Trinajstić information content (AvgIpc) is 3.49. The molecule has 40 heavy (non-hydrogen) atoms. The van der Waals surface area contributed by atoms with Crippen molar-refractivity contribution in [1.29, 1.82) is 0 Å². The number of thiazole rings is 1. The Morgan fingerprint density at radius 2 is 1.55 bits per heavy atom. The number of aliphatic hydroxyl groups is 1. The molecule has 0 spiro atoms. The summed E-state index contributed by atoms with van der Waals surface area (Å²) in [5, 5.41) is 18.6. The van der Waals surface area contributed by atoms with Gasteiger partial charge in [-0.2, -0.15) is 5.10 Å². The number of hydrogen-bond donors (Lipinski definition) is 1. The summed E-state index contributed by atoms with van der Waals surface area (Å²) in [6.07, 6.45) is 11.4. The van der Waals surface area contributed by atoms with Crippen LogP contribution in [0.25, 0.3) is 17.3 Å². The molecule has 222 valence electrons. The van der Waals surface area contributed by atoms with E-state index in [0.29, 0.717) is 11.8 Å². The van der Waals surface area contributed by atoms with E-state index in [1.165, 1.54) is 51.4 Å². The molecule has 1 N–H and O–H groups in total. The maximum absolute atomic E-state index is 11.1. The number of anilines is 1. The molecule has 0 radical (unpaired) electrons. The normalized spacial score (nSPS) is 18.3. The fraction of sp³-hybridized carbons (Fsp3) is 0.647. The Balaban J connectivity index is 2.10. The average molecular weight is 567 g/mol. The van der Waals surface area contributed by atoms with Crippen molar-refractivity contribution in [2.45, 2.75) is 106 Å². The summed E-state index contributed by atoms with van der Waals surface area (Å²) >= 11 is 1.77. The van der Waals surface area contributed by atoms with Gasteiger partial charge >= 0.3 is 0 Å². The second kappa shape index (κ2) is 15.2. The highest BCUT2D eigenvalue weighted by molar-refractivity contribution is 7.17. The maximum Gasteiger partial charge on any atom is 0.186 e. The van der Waals surface area contributed by atoms with Crippen LogP contribution in [0, 0.1) is 17.3 Å². The molecule has 0 saturated carbocycles. The lowest BCUT2D eigenvalue weighted by atomic mass is 9.85. The van der Waals surface area contributed by atoms with Crippen LogP contribution < -0.4 is 4.90 Å². The van der Waals surface area contributed by atoms with Crippen LogP contribution >= 0.6 is 11.3 Å². The predicted octanol–water partition coefficient (Wildman–Crippen LogP) is 9.10. The van der Waals surface area contributed by atoms with Crippen LogP contribution in [0.15, 0.2) is 41.0 Å². The van der Waals surface area contributed by atoms with E-state index in [2.05, 4.69) is 89.8 Å². The Morgan fingerprint density at radius 3 is 2.05 bits per heavy atom. The van der Waals surface area contributed by atoms with Crippen LogP contribution in [0.3, 0.4) is 0 Å². The molecule has 0 fully saturated rings. The molecule has 0 saturated heterocycles. The van der Waals surface area contributed by atoms with Gasteiger partial charge in [-0.1, -0.05) is 129 Å². The van der Waals surface area contributed by atoms with Crippen LogP contribution in [0.4, 0.5) is 5.13 Å². The van der Waals surface area contributed by atoms with E-state index >= 15 is 0 Å². The molecule has 1 aliphatic rings. The number of rotatable bonds is 15. The first-order valence-electron chi connectivity index (χ1n) is 15.7. The van der Waals surface area contributed by atoms with Crippen LogP contribution in [-0.2, 0) is 0 Å². The number of hydrogen-bond acceptors (Lipinski definition) is 6. The molecule has 5 nitrogen and oxygen atoms in total. The van der Waals surface area contributed by atoms with Gasteiger partial charge in [0.1, 0.15) is 0 Å². The van der Waals surface area contributed by atoms with Crippen molar-refractivity contribution in [3.63, 3.8) is 0 Å². The monoisotopic (exact) mass is 566 g/mol. The third-order valence-electron chi connectivity index (χ3n) is 8.16. The zero-order valence-electron chi connectivity index (χ0n) is 26.4. The predicted molar refractivity (Wildman–Crippen MR) is 175 cm³/mol. The molecule has 0 aliphatic carbocycles. The van der Waals surface area contributed by atoms with Crippen LogP contribution in [0.2, 0.25) is 0 Å². The quantitative estimate of drug-likeness (QED) is 0.234. The smallest absolute Gasteiger partial charge is 0.186 e. The molecule has 3 atom stereocenters. The van der Waals surface area contributed by atoms with E-state index in [1.807, 2.05) is 7.05 Å². The fourth-order valence-electron chi connectivity index (χ4n) is 5.51. The highest BCUT2D eigenvalue weighted by Gasteiger charge is 2.35. The zero-order valence-corrected chi connectivity index (χ0v) is 27.2. The molecule has 0 amide bonds. The fourth-order valence-corrected chi connectivity index (χ4v) is 6.56. The number of nitrogens with zero attached hydrogens (tertiary/aromatic N) is 4. The minimum Gasteiger partial charge on any atom is -0.368 e. The molecule has 0 bridgehead atoms. The number of likely N-dealkylation sites (N-methyl/N-ethyl adjacent to an activating group) is 1. The van der Waals surface area contributed by atoms with Gasteiger partial charge in [0.15, 0.2) is 11.4 Å². The third-order valence-corrected chi connectivity index (χ3v) is 9.23. The van der Waals surface area contributed by atoms with E-state index in [-0.39, 0.29) is 5.41 Å². The topological polar surface area (TPSA) is 52.0 Å². The third kappa shape index (κ3) is 8.42. The van der Waals surface area contributed by atoms with Crippen molar-refractivity contribution in [3.8, 4) is 11.3 Å². The van der Waals surface area contributed by atoms with Gasteiger partial charge in [-0.3, -0.25) is 5.01 Å². The van der Waals surface area contributed by atoms with Gasteiger partial charge in [-0.05, 0) is 30.8 Å². The van der Waals surface area contributed by atoms with E-state index in [4.69, 9.17) is 10.1 Å². The first kappa shape index (κ1) is 32.3. The van der Waals surface area contributed by atoms with Crippen LogP contribution in [0.1, 0.15) is 105 Å². The van der Waals surface area contributed by atoms with Crippen molar-refractivity contribution >= 4 is 28.3 Å². The van der Waals surface area contributed by atoms with Gasteiger partial charge in [-0.25, -0.2) is 4.98 Å². The lowest BCUT2D eigenvalue weighted by Crippen LogP contribution is -2.34. The molecule has 1 aromatic heterocycles. The van der Waals surface area contributed by atoms with Crippen molar-refractivity contribution in [1.82, 2.24) is 9.99 Å². The largest absolute Gasteiger partial charge is 0.368 e. The van der Waals surface area contributed by atoms with Gasteiger partial charge in [0.2, 0.25) is 0 Å². The summed E-state index contributed by atoms with van der Waals surface area (Å²) < 4.78 is 0. The lowest BCUT2D eigenvalue weighted by Gasteiger charge is -2.30. The lowest BCUT2D eigenvalue weighted by molar-refractivity contribution is 0.0718. The van der Waals surface area contributed by atoms with Crippen molar-refractivity contribution < 1.29 is 5.11 Å². The maximum atomic E-state index is 11.1. The summed E-state index contributed by atoms with van der Waals surface area (Å²) in [6.45, 7) is 17.8. The van der Waals surface area contributed by atoms with Crippen LogP contribution in [-0.4, -0.2) is 47.2 Å². The van der Waals surface area contributed by atoms with Crippen LogP contribution in [0.5, 0.6) is 0 Å². The van der Waals surface area contributed by atoms with Crippen molar-refractivity contribution in [2.75, 3.05) is 25.0 Å². The Bertz CT molecular complexity index is 1080. The minimum absolute atomic E-state index is 0.175. The standard InChI is InChI=1S/C34H54N4OS/c1-9-13-18-25(11-3)23-38(24-26(12-4)19-14-10-2)33-35-30(27-20-16-15-17-21-27)29(40-33)22-28-31(34(5,6)7)36-37(8)32(28)39/h15-17,20-22,25-26,32,39H,9-14,18-19,23-24H2,1-8H3/b28-22-. The second-order valence-corrected chi connectivity index (χ2v) is 13.6. The summed E-state index contributed by atoms with van der Waals surface area (Å²) in [5.41, 5.74) is 3.74. The highest BCUT2D eigenvalue weighted by Crippen LogP contribution is 2.39. The summed E-state index contributed by atoms with van der Waals surface area (Å²) in [4.78, 5) is 9.05. The Kier molecular flexibility index (Phi) is 12.3. The number of aromatic nitrogens is 1. The first-order chi connectivity index (χ1) is 19.1. The molecular formula is C34H54N4OS. The van der Waals surface area contributed by atoms with E-state index in [0.717, 1.165) is 45.6 Å². The van der Waals surface area contributed by atoms with Gasteiger partial charge in [0.05, 0.1) is 16.3 Å². The molecule has 3 unspecified atom stereocenters. The van der Waals surface area contributed by atoms with E-state index in [1.54, 1.807) is 16.3 Å². The van der Waals surface area contributed by atoms with E-state index in [9.17, 15) is 5.11 Å². The van der Waals surface area contributed by atoms with Gasteiger partial charge in [-0.15, -0.1) is 0 Å². The Morgan fingerprint density at radius 1 is 0.975 bits per heavy atom. The Hall–Kier alpha value is -2.18. The molecule has 2 aromatic rings. The number of unbranched alkanes of at least 4 members (excludes halogenated alkanes) is 2. The molecule has 3 rings (SSSR count). The minimum atomic E-state index is -0.753. The summed E-state index contributed by atoms with van der Waals surface area (Å²) in [6, 6.07) is 10.5. The zero-order chi connectivity index (χ0) is 29.3. The molecule has 1 aliphatic heterocycles. The van der Waals surface area contributed by atoms with Gasteiger partial charge in [0, 0.05) is 36.7 Å². The first-order valence-corrected chi connectivity index (χ1v) is 16.5. The number of aliphatic hydroxyl groups excluding tert-OH is 1. The molecular weight excluding hydrogens is 512 g/mol. The summed E-state index contributed by atoms with van der Waals surface area (Å²) in [5.74, 6) is 1.33. The SMILES string of the molecule is CCCCC(CC)CN(CC(CC)CCCC)c1nc(-c2ccccc2)c(/C=C2/C(C(C)(C)C)=NN(C)C2O)s1. The molecule has 2 heterocycles. The van der Waals surface area contributed by atoms with Crippen molar-refractivity contribution in [2.24, 2.45) is 22.4 Å². The number of benzene rings is 1.